The first kappa shape index (κ1) is 20.6. The summed E-state index contributed by atoms with van der Waals surface area (Å²) in [6.07, 6.45) is -1.06. The van der Waals surface area contributed by atoms with Crippen LogP contribution in [0.3, 0.4) is 0 Å². The Hall–Kier alpha value is -3.10. The highest BCUT2D eigenvalue weighted by atomic mass is 35.5. The highest BCUT2D eigenvalue weighted by Gasteiger charge is 2.23. The summed E-state index contributed by atoms with van der Waals surface area (Å²) in [7, 11) is 1.39. The van der Waals surface area contributed by atoms with E-state index in [1.54, 1.807) is 0 Å². The molecule has 1 heterocycles. The molecule has 1 aromatic heterocycles. The number of methoxy groups -OCH3 is 1. The van der Waals surface area contributed by atoms with Crippen molar-refractivity contribution in [1.29, 1.82) is 0 Å². The maximum atomic E-state index is 12.4. The second kappa shape index (κ2) is 8.93. The minimum Gasteiger partial charge on any atom is -0.496 e. The van der Waals surface area contributed by atoms with Crippen LogP contribution in [0, 0.1) is 0 Å². The number of carbonyl (C=O) groups is 2. The van der Waals surface area contributed by atoms with Crippen molar-refractivity contribution in [2.75, 3.05) is 18.2 Å². The second-order valence-electron chi connectivity index (χ2n) is 6.01. The lowest BCUT2D eigenvalue weighted by atomic mass is 10.2. The number of nitrogens with one attached hydrogen (secondary N) is 1. The summed E-state index contributed by atoms with van der Waals surface area (Å²) in [4.78, 5) is 29.2. The number of amides is 1. The molecule has 3 aromatic rings. The van der Waals surface area contributed by atoms with E-state index in [0.29, 0.717) is 5.13 Å². The van der Waals surface area contributed by atoms with Gasteiger partial charge in [-0.2, -0.15) is 0 Å². The Balaban J connectivity index is 1.66. The summed E-state index contributed by atoms with van der Waals surface area (Å²) in [5.74, 6) is -1.06. The van der Waals surface area contributed by atoms with Gasteiger partial charge in [0.15, 0.2) is 11.2 Å². The van der Waals surface area contributed by atoms with E-state index in [1.165, 1.54) is 37.5 Å². The molecule has 0 saturated carbocycles. The molecule has 29 heavy (non-hydrogen) atoms. The number of aromatic nitrogens is 1. The number of rotatable bonds is 6. The summed E-state index contributed by atoms with van der Waals surface area (Å²) < 4.78 is 10.4. The molecule has 3 N–H and O–H groups in total. The van der Waals surface area contributed by atoms with Crippen LogP contribution in [0.4, 0.5) is 10.8 Å². The van der Waals surface area contributed by atoms with E-state index in [1.807, 2.05) is 35.7 Å². The highest BCUT2D eigenvalue weighted by Crippen LogP contribution is 2.30. The SMILES string of the molecule is COc1cc(N)c(Cl)cc1C(=O)OC(C)C(=O)Nc1nc(-c2ccccc2)cs1. The molecule has 1 unspecified atom stereocenters. The van der Waals surface area contributed by atoms with Gasteiger partial charge in [-0.1, -0.05) is 41.9 Å². The van der Waals surface area contributed by atoms with E-state index >= 15 is 0 Å². The third-order valence-electron chi connectivity index (χ3n) is 4.00. The van der Waals surface area contributed by atoms with Crippen molar-refractivity contribution in [2.45, 2.75) is 13.0 Å². The second-order valence-corrected chi connectivity index (χ2v) is 7.28. The van der Waals surface area contributed by atoms with Crippen LogP contribution in [0.5, 0.6) is 5.75 Å². The number of thiazole rings is 1. The topological polar surface area (TPSA) is 104 Å². The number of nitrogens with two attached hydrogens (primary N) is 1. The predicted octanol–water partition coefficient (Wildman–Crippen LogP) is 4.24. The molecule has 150 valence electrons. The third-order valence-corrected chi connectivity index (χ3v) is 5.08. The number of anilines is 2. The molecule has 0 saturated heterocycles. The fourth-order valence-electron chi connectivity index (χ4n) is 2.45. The first-order valence-electron chi connectivity index (χ1n) is 8.55. The number of ether oxygens (including phenoxy) is 2. The highest BCUT2D eigenvalue weighted by molar-refractivity contribution is 7.14. The van der Waals surface area contributed by atoms with Gasteiger partial charge in [-0.15, -0.1) is 11.3 Å². The van der Waals surface area contributed by atoms with Gasteiger partial charge in [0.2, 0.25) is 0 Å². The smallest absolute Gasteiger partial charge is 0.342 e. The minimum absolute atomic E-state index is 0.0759. The lowest BCUT2D eigenvalue weighted by molar-refractivity contribution is -0.123. The van der Waals surface area contributed by atoms with Crippen LogP contribution in [0.2, 0.25) is 5.02 Å². The van der Waals surface area contributed by atoms with E-state index < -0.39 is 18.0 Å². The molecular weight excluding hydrogens is 414 g/mol. The van der Waals surface area contributed by atoms with Crippen LogP contribution in [0.15, 0.2) is 47.8 Å². The standard InChI is InChI=1S/C20H18ClN3O4S/c1-11(28-19(26)13-8-14(21)15(22)9-17(13)27-2)18(25)24-20-23-16(10-29-20)12-6-4-3-5-7-12/h3-11H,22H2,1-2H3,(H,23,24,25). The van der Waals surface area contributed by atoms with E-state index in [-0.39, 0.29) is 22.0 Å². The van der Waals surface area contributed by atoms with Crippen LogP contribution < -0.4 is 15.8 Å². The monoisotopic (exact) mass is 431 g/mol. The van der Waals surface area contributed by atoms with Gasteiger partial charge in [-0.25, -0.2) is 9.78 Å². The molecule has 0 bridgehead atoms. The van der Waals surface area contributed by atoms with Crippen molar-refractivity contribution < 1.29 is 19.1 Å². The summed E-state index contributed by atoms with van der Waals surface area (Å²) >= 11 is 7.25. The predicted molar refractivity (Wildman–Crippen MR) is 113 cm³/mol. The molecule has 7 nitrogen and oxygen atoms in total. The van der Waals surface area contributed by atoms with E-state index in [4.69, 9.17) is 26.8 Å². The average molecular weight is 432 g/mol. The zero-order chi connectivity index (χ0) is 21.0. The Morgan fingerprint density at radius 2 is 1.97 bits per heavy atom. The van der Waals surface area contributed by atoms with Crippen molar-refractivity contribution in [3.05, 3.63) is 58.4 Å². The van der Waals surface area contributed by atoms with Crippen LogP contribution in [0.1, 0.15) is 17.3 Å². The molecule has 1 atom stereocenters. The molecule has 0 radical (unpaired) electrons. The summed E-state index contributed by atoms with van der Waals surface area (Å²) in [6, 6.07) is 12.3. The fourth-order valence-corrected chi connectivity index (χ4v) is 3.34. The first-order valence-corrected chi connectivity index (χ1v) is 9.80. The van der Waals surface area contributed by atoms with Gasteiger partial charge in [-0.3, -0.25) is 10.1 Å². The van der Waals surface area contributed by atoms with Crippen molar-refractivity contribution in [3.8, 4) is 17.0 Å². The first-order chi connectivity index (χ1) is 13.9. The van der Waals surface area contributed by atoms with Crippen LogP contribution in [0.25, 0.3) is 11.3 Å². The molecule has 9 heteroatoms. The quantitative estimate of drug-likeness (QED) is 0.447. The normalized spacial score (nSPS) is 11.6. The van der Waals surface area contributed by atoms with Gasteiger partial charge in [0, 0.05) is 17.0 Å². The van der Waals surface area contributed by atoms with Gasteiger partial charge in [0.05, 0.1) is 23.5 Å². The van der Waals surface area contributed by atoms with Crippen LogP contribution >= 0.6 is 22.9 Å². The molecule has 0 aliphatic heterocycles. The van der Waals surface area contributed by atoms with Crippen molar-refractivity contribution >= 4 is 45.6 Å². The number of hydrogen-bond donors (Lipinski definition) is 2. The number of nitrogens with zero attached hydrogens (tertiary/aromatic N) is 1. The maximum absolute atomic E-state index is 12.4. The Morgan fingerprint density at radius 3 is 2.66 bits per heavy atom. The Kier molecular flexibility index (Phi) is 6.36. The zero-order valence-electron chi connectivity index (χ0n) is 15.6. The number of esters is 1. The third kappa shape index (κ3) is 4.85. The lowest BCUT2D eigenvalue weighted by Gasteiger charge is -2.14. The molecule has 1 amide bonds. The molecule has 2 aromatic carbocycles. The number of benzene rings is 2. The number of hydrogen-bond acceptors (Lipinski definition) is 7. The molecule has 0 spiro atoms. The Bertz CT molecular complexity index is 1040. The largest absolute Gasteiger partial charge is 0.496 e. The summed E-state index contributed by atoms with van der Waals surface area (Å²) in [6.45, 7) is 1.46. The van der Waals surface area contributed by atoms with Gasteiger partial charge in [0.1, 0.15) is 11.3 Å². The lowest BCUT2D eigenvalue weighted by Crippen LogP contribution is -2.30. The molecule has 0 fully saturated rings. The number of nitrogen functional groups attached to an aromatic ring is 1. The van der Waals surface area contributed by atoms with Crippen LogP contribution in [-0.2, 0) is 9.53 Å². The minimum atomic E-state index is -1.06. The van der Waals surface area contributed by atoms with Crippen LogP contribution in [-0.4, -0.2) is 30.1 Å². The summed E-state index contributed by atoms with van der Waals surface area (Å²) in [5.41, 5.74) is 7.74. The Labute approximate surface area is 176 Å². The molecule has 0 aliphatic rings. The zero-order valence-corrected chi connectivity index (χ0v) is 17.2. The maximum Gasteiger partial charge on any atom is 0.342 e. The fraction of sp³-hybridized carbons (Fsp3) is 0.150. The summed E-state index contributed by atoms with van der Waals surface area (Å²) in [5, 5.41) is 5.08. The number of carbonyl (C=O) groups excluding carboxylic acids is 2. The molecular formula is C20H18ClN3O4S. The van der Waals surface area contributed by atoms with Gasteiger partial charge in [-0.05, 0) is 13.0 Å². The average Bonchev–Trinajstić information content (AvgIpc) is 3.18. The van der Waals surface area contributed by atoms with Gasteiger partial charge in [0.25, 0.3) is 5.91 Å². The van der Waals surface area contributed by atoms with Crippen molar-refractivity contribution in [3.63, 3.8) is 0 Å². The van der Waals surface area contributed by atoms with Gasteiger partial charge >= 0.3 is 5.97 Å². The number of halogens is 1. The Morgan fingerprint density at radius 1 is 1.24 bits per heavy atom. The van der Waals surface area contributed by atoms with E-state index in [2.05, 4.69) is 10.3 Å². The molecule has 3 rings (SSSR count). The van der Waals surface area contributed by atoms with E-state index in [9.17, 15) is 9.59 Å². The molecule has 0 aliphatic carbocycles. The van der Waals surface area contributed by atoms with Gasteiger partial charge < -0.3 is 15.2 Å². The van der Waals surface area contributed by atoms with E-state index in [0.717, 1.165) is 11.3 Å². The van der Waals surface area contributed by atoms with Crippen molar-refractivity contribution in [1.82, 2.24) is 4.98 Å². The van der Waals surface area contributed by atoms with Crippen molar-refractivity contribution in [2.24, 2.45) is 0 Å².